The van der Waals surface area contributed by atoms with E-state index >= 15 is 0 Å². The summed E-state index contributed by atoms with van der Waals surface area (Å²) in [6, 6.07) is 3.63. The zero-order valence-electron chi connectivity index (χ0n) is 20.6. The number of nitrogens with zero attached hydrogens (tertiary/aromatic N) is 3. The van der Waals surface area contributed by atoms with Crippen molar-refractivity contribution in [3.05, 3.63) is 22.8 Å². The molecule has 4 amide bonds. The van der Waals surface area contributed by atoms with Crippen LogP contribution in [0.15, 0.2) is 12.1 Å². The van der Waals surface area contributed by atoms with E-state index in [1.165, 1.54) is 7.11 Å². The Morgan fingerprint density at radius 2 is 1.92 bits per heavy atom. The largest absolute Gasteiger partial charge is 0.481 e. The third kappa shape index (κ3) is 5.39. The molecule has 0 radical (unpaired) electrons. The Hall–Kier alpha value is -2.20. The van der Waals surface area contributed by atoms with Gasteiger partial charge in [0, 0.05) is 55.2 Å². The molecule has 196 valence electrons. The zero-order chi connectivity index (χ0) is 25.3. The molecule has 1 spiro atoms. The van der Waals surface area contributed by atoms with Crippen LogP contribution < -0.4 is 15.4 Å². The maximum absolute atomic E-state index is 13.0. The lowest BCUT2D eigenvalue weighted by molar-refractivity contribution is -0.130. The number of unbranched alkanes of at least 4 members (excludes halogenated alkanes) is 1. The summed E-state index contributed by atoms with van der Waals surface area (Å²) in [6.45, 7) is 2.96. The van der Waals surface area contributed by atoms with Crippen molar-refractivity contribution in [1.29, 1.82) is 0 Å². The van der Waals surface area contributed by atoms with Gasteiger partial charge in [0.2, 0.25) is 11.8 Å². The van der Waals surface area contributed by atoms with E-state index in [-0.39, 0.29) is 40.5 Å². The highest BCUT2D eigenvalue weighted by Crippen LogP contribution is 2.41. The first-order valence-corrected chi connectivity index (χ1v) is 14.3. The van der Waals surface area contributed by atoms with Crippen LogP contribution in [0.3, 0.4) is 0 Å². The highest BCUT2D eigenvalue weighted by molar-refractivity contribution is 8.00. The fraction of sp³-hybridized carbons (Fsp3) is 0.680. The summed E-state index contributed by atoms with van der Waals surface area (Å²) >= 11 is 7.96. The summed E-state index contributed by atoms with van der Waals surface area (Å²) in [6.07, 6.45) is 6.31. The lowest BCUT2D eigenvalue weighted by atomic mass is 9.77. The Bertz CT molecular complexity index is 1020. The summed E-state index contributed by atoms with van der Waals surface area (Å²) in [5.74, 6) is 1.49. The number of ether oxygens (including phenoxy) is 1. The number of fused-ring (bicyclic) bond motifs is 1. The van der Waals surface area contributed by atoms with Gasteiger partial charge in [0.15, 0.2) is 0 Å². The number of carbonyl (C=O) groups is 3. The molecule has 0 aliphatic carbocycles. The normalized spacial score (nSPS) is 26.6. The van der Waals surface area contributed by atoms with Crippen LogP contribution in [0.1, 0.15) is 55.3 Å². The van der Waals surface area contributed by atoms with Gasteiger partial charge in [-0.3, -0.25) is 9.59 Å². The van der Waals surface area contributed by atoms with Crippen molar-refractivity contribution < 1.29 is 19.1 Å². The number of methoxy groups -OCH3 is 1. The monoisotopic (exact) mass is 535 g/mol. The number of hydrogen-bond acceptors (Lipinski definition) is 6. The van der Waals surface area contributed by atoms with E-state index in [9.17, 15) is 14.4 Å². The SMILES string of the molecule is COc1cc(C(=O)N2CCC3(CCN(C(=O)CCCCC4SCC5NC(=O)NC54)C3)CC2)cc(Cl)n1. The van der Waals surface area contributed by atoms with E-state index in [1.54, 1.807) is 12.1 Å². The predicted octanol–water partition coefficient (Wildman–Crippen LogP) is 2.92. The second-order valence-electron chi connectivity index (χ2n) is 10.4. The van der Waals surface area contributed by atoms with Crippen molar-refractivity contribution in [3.63, 3.8) is 0 Å². The molecule has 1 aromatic rings. The topological polar surface area (TPSA) is 104 Å². The van der Waals surface area contributed by atoms with E-state index in [1.807, 2.05) is 21.6 Å². The average Bonchev–Trinajstić information content (AvgIpc) is 3.56. The van der Waals surface area contributed by atoms with Gasteiger partial charge in [-0.15, -0.1) is 0 Å². The summed E-state index contributed by atoms with van der Waals surface area (Å²) in [7, 11) is 1.50. The van der Waals surface area contributed by atoms with Crippen LogP contribution in [0.5, 0.6) is 5.88 Å². The Morgan fingerprint density at radius 3 is 2.67 bits per heavy atom. The van der Waals surface area contributed by atoms with Crippen LogP contribution in [-0.2, 0) is 4.79 Å². The molecular weight excluding hydrogens is 502 g/mol. The molecule has 3 atom stereocenters. The van der Waals surface area contributed by atoms with Crippen molar-refractivity contribution >= 4 is 41.2 Å². The lowest BCUT2D eigenvalue weighted by Gasteiger charge is -2.39. The van der Waals surface area contributed by atoms with Crippen LogP contribution in [0.25, 0.3) is 0 Å². The first kappa shape index (κ1) is 25.4. The molecule has 1 aromatic heterocycles. The number of piperidine rings is 1. The van der Waals surface area contributed by atoms with Crippen molar-refractivity contribution in [3.8, 4) is 5.88 Å². The third-order valence-corrected chi connectivity index (χ3v) is 9.90. The highest BCUT2D eigenvalue weighted by atomic mass is 35.5. The van der Waals surface area contributed by atoms with Crippen LogP contribution >= 0.6 is 23.4 Å². The zero-order valence-corrected chi connectivity index (χ0v) is 22.2. The molecule has 4 aliphatic rings. The van der Waals surface area contributed by atoms with Crippen LogP contribution in [0.2, 0.25) is 5.15 Å². The number of likely N-dealkylation sites (tertiary alicyclic amines) is 2. The number of hydrogen-bond donors (Lipinski definition) is 2. The summed E-state index contributed by atoms with van der Waals surface area (Å²) in [5.41, 5.74) is 0.604. The van der Waals surface area contributed by atoms with Gasteiger partial charge < -0.3 is 25.2 Å². The van der Waals surface area contributed by atoms with Gasteiger partial charge in [0.25, 0.3) is 5.91 Å². The number of pyridine rings is 1. The van der Waals surface area contributed by atoms with Gasteiger partial charge in [-0.05, 0) is 43.6 Å². The van der Waals surface area contributed by atoms with E-state index in [0.717, 1.165) is 57.4 Å². The Morgan fingerprint density at radius 1 is 1.17 bits per heavy atom. The Kier molecular flexibility index (Phi) is 7.53. The maximum atomic E-state index is 13.0. The summed E-state index contributed by atoms with van der Waals surface area (Å²) in [5, 5.41) is 6.69. The molecule has 3 unspecified atom stereocenters. The number of nitrogens with one attached hydrogen (secondary N) is 2. The molecule has 4 aliphatic heterocycles. The Balaban J connectivity index is 1.05. The van der Waals surface area contributed by atoms with E-state index in [4.69, 9.17) is 16.3 Å². The standard InChI is InChI=1S/C25H34ClN5O4S/c1-35-20-13-16(12-19(26)28-20)23(33)30-9-6-25(7-10-30)8-11-31(15-25)21(32)5-3-2-4-18-22-17(14-36-18)27-24(34)29-22/h12-13,17-18,22H,2-11,14-15H2,1H3,(H2,27,29,34). The van der Waals surface area contributed by atoms with Crippen molar-refractivity contribution in [2.75, 3.05) is 39.0 Å². The number of carbonyl (C=O) groups excluding carboxylic acids is 3. The average molecular weight is 536 g/mol. The number of aromatic nitrogens is 1. The smallest absolute Gasteiger partial charge is 0.315 e. The van der Waals surface area contributed by atoms with Gasteiger partial charge in [0.05, 0.1) is 19.2 Å². The second kappa shape index (κ2) is 10.7. The number of thioether (sulfide) groups is 1. The number of amides is 4. The third-order valence-electron chi connectivity index (χ3n) is 8.20. The first-order valence-electron chi connectivity index (χ1n) is 12.8. The highest BCUT2D eigenvalue weighted by Gasteiger charge is 2.44. The maximum Gasteiger partial charge on any atom is 0.315 e. The predicted molar refractivity (Wildman–Crippen MR) is 139 cm³/mol. The van der Waals surface area contributed by atoms with Crippen LogP contribution in [-0.4, -0.2) is 89.0 Å². The summed E-state index contributed by atoms with van der Waals surface area (Å²) < 4.78 is 5.14. The minimum absolute atomic E-state index is 0.0503. The van der Waals surface area contributed by atoms with Gasteiger partial charge in [-0.25, -0.2) is 9.78 Å². The molecule has 0 saturated carbocycles. The fourth-order valence-electron chi connectivity index (χ4n) is 6.05. The fourth-order valence-corrected chi connectivity index (χ4v) is 7.79. The molecule has 0 aromatic carbocycles. The molecule has 4 saturated heterocycles. The molecule has 36 heavy (non-hydrogen) atoms. The number of rotatable bonds is 7. The molecule has 0 bridgehead atoms. The minimum Gasteiger partial charge on any atom is -0.481 e. The van der Waals surface area contributed by atoms with E-state index in [2.05, 4.69) is 15.6 Å². The quantitative estimate of drug-likeness (QED) is 0.316. The summed E-state index contributed by atoms with van der Waals surface area (Å²) in [4.78, 5) is 45.4. The molecule has 11 heteroatoms. The van der Waals surface area contributed by atoms with Crippen molar-refractivity contribution in [1.82, 2.24) is 25.4 Å². The van der Waals surface area contributed by atoms with Gasteiger partial charge in [0.1, 0.15) is 5.15 Å². The molecular formula is C25H34ClN5O4S. The van der Waals surface area contributed by atoms with Crippen LogP contribution in [0, 0.1) is 5.41 Å². The van der Waals surface area contributed by atoms with Crippen molar-refractivity contribution in [2.45, 2.75) is 62.3 Å². The van der Waals surface area contributed by atoms with E-state index < -0.39 is 0 Å². The van der Waals surface area contributed by atoms with Gasteiger partial charge in [-0.2, -0.15) is 11.8 Å². The molecule has 9 nitrogen and oxygen atoms in total. The number of urea groups is 1. The first-order chi connectivity index (χ1) is 17.4. The molecule has 5 rings (SSSR count). The van der Waals surface area contributed by atoms with Crippen LogP contribution in [0.4, 0.5) is 4.79 Å². The second-order valence-corrected chi connectivity index (χ2v) is 12.1. The number of halogens is 1. The molecule has 2 N–H and O–H groups in total. The van der Waals surface area contributed by atoms with Crippen molar-refractivity contribution in [2.24, 2.45) is 5.41 Å². The Labute approximate surface area is 221 Å². The van der Waals surface area contributed by atoms with E-state index in [0.29, 0.717) is 36.2 Å². The lowest BCUT2D eigenvalue weighted by Crippen LogP contribution is -2.44. The molecule has 5 heterocycles. The van der Waals surface area contributed by atoms with Gasteiger partial charge in [-0.1, -0.05) is 18.0 Å². The minimum atomic E-state index is -0.0573. The van der Waals surface area contributed by atoms with Gasteiger partial charge >= 0.3 is 6.03 Å². The molecule has 4 fully saturated rings.